The van der Waals surface area contributed by atoms with E-state index in [0.717, 1.165) is 6.42 Å². The van der Waals surface area contributed by atoms with E-state index >= 15 is 0 Å². The van der Waals surface area contributed by atoms with Crippen molar-refractivity contribution in [1.29, 1.82) is 0 Å². The predicted octanol–water partition coefficient (Wildman–Crippen LogP) is 3.88. The number of amides is 1. The van der Waals surface area contributed by atoms with Gasteiger partial charge in [-0.3, -0.25) is 4.79 Å². The number of carbonyl (C=O) groups is 1. The van der Waals surface area contributed by atoms with E-state index in [9.17, 15) is 4.79 Å². The Morgan fingerprint density at radius 2 is 2.05 bits per heavy atom. The Labute approximate surface area is 125 Å². The summed E-state index contributed by atoms with van der Waals surface area (Å²) in [5.41, 5.74) is 0.209. The van der Waals surface area contributed by atoms with Gasteiger partial charge < -0.3 is 14.8 Å². The molecule has 1 rings (SSSR count). The van der Waals surface area contributed by atoms with Gasteiger partial charge in [0.25, 0.3) is 0 Å². The van der Waals surface area contributed by atoms with Crippen LogP contribution in [0.15, 0.2) is 18.2 Å². The summed E-state index contributed by atoms with van der Waals surface area (Å²) < 4.78 is 11.0. The number of anilines is 1. The van der Waals surface area contributed by atoms with E-state index in [1.807, 2.05) is 27.7 Å². The minimum absolute atomic E-state index is 0.0107. The minimum Gasteiger partial charge on any atom is -0.491 e. The number of nitrogens with one attached hydrogen (secondary N) is 1. The van der Waals surface area contributed by atoms with Gasteiger partial charge in [-0.2, -0.15) is 0 Å². The highest BCUT2D eigenvalue weighted by Gasteiger charge is 2.14. The molecule has 0 aliphatic rings. The molecule has 1 N–H and O–H groups in total. The summed E-state index contributed by atoms with van der Waals surface area (Å²) in [5.74, 6) is 0.379. The molecule has 0 bridgehead atoms. The summed E-state index contributed by atoms with van der Waals surface area (Å²) in [6.45, 7) is 8.29. The zero-order chi connectivity index (χ0) is 15.2. The van der Waals surface area contributed by atoms with Crippen molar-refractivity contribution in [2.24, 2.45) is 0 Å². The van der Waals surface area contributed by atoms with Gasteiger partial charge in [0, 0.05) is 5.02 Å². The number of rotatable bonds is 6. The molecule has 0 heterocycles. The maximum Gasteiger partial charge on any atom is 0.250 e. The quantitative estimate of drug-likeness (QED) is 0.867. The van der Waals surface area contributed by atoms with Crippen LogP contribution in [0.1, 0.15) is 34.1 Å². The molecule has 0 aliphatic heterocycles. The van der Waals surface area contributed by atoms with Crippen LogP contribution >= 0.6 is 11.6 Å². The van der Waals surface area contributed by atoms with Crippen LogP contribution in [0.5, 0.6) is 5.75 Å². The SMILES string of the molecule is CCCOc1ccc(Cl)cc1NC(=O)COC(C)(C)C. The molecule has 4 nitrogen and oxygen atoms in total. The lowest BCUT2D eigenvalue weighted by Crippen LogP contribution is -2.27. The Balaban J connectivity index is 2.69. The fraction of sp³-hybridized carbons (Fsp3) is 0.533. The molecular weight excluding hydrogens is 278 g/mol. The van der Waals surface area contributed by atoms with Crippen LogP contribution < -0.4 is 10.1 Å². The molecular formula is C15H22ClNO3. The molecule has 0 unspecified atom stereocenters. The van der Waals surface area contributed by atoms with E-state index in [4.69, 9.17) is 21.1 Å². The Morgan fingerprint density at radius 1 is 1.35 bits per heavy atom. The molecule has 0 saturated heterocycles. The highest BCUT2D eigenvalue weighted by Crippen LogP contribution is 2.28. The average molecular weight is 300 g/mol. The first-order chi connectivity index (χ1) is 9.31. The van der Waals surface area contributed by atoms with Crippen molar-refractivity contribution in [1.82, 2.24) is 0 Å². The molecule has 0 radical (unpaired) electrons. The molecule has 5 heteroatoms. The number of benzene rings is 1. The van der Waals surface area contributed by atoms with Gasteiger partial charge in [-0.25, -0.2) is 0 Å². The summed E-state index contributed by atoms with van der Waals surface area (Å²) >= 11 is 5.95. The second-order valence-electron chi connectivity index (χ2n) is 5.44. The lowest BCUT2D eigenvalue weighted by atomic mass is 10.2. The normalized spacial score (nSPS) is 11.2. The van der Waals surface area contributed by atoms with E-state index in [1.165, 1.54) is 0 Å². The van der Waals surface area contributed by atoms with Gasteiger partial charge in [0.1, 0.15) is 12.4 Å². The smallest absolute Gasteiger partial charge is 0.250 e. The number of hydrogen-bond donors (Lipinski definition) is 1. The van der Waals surface area contributed by atoms with Gasteiger partial charge in [0.2, 0.25) is 5.91 Å². The van der Waals surface area contributed by atoms with Crippen LogP contribution in [0, 0.1) is 0 Å². The van der Waals surface area contributed by atoms with Gasteiger partial charge >= 0.3 is 0 Å². The summed E-state index contributed by atoms with van der Waals surface area (Å²) in [7, 11) is 0. The third kappa shape index (κ3) is 6.26. The summed E-state index contributed by atoms with van der Waals surface area (Å²) in [5, 5.41) is 3.30. The lowest BCUT2D eigenvalue weighted by molar-refractivity contribution is -0.125. The summed E-state index contributed by atoms with van der Waals surface area (Å²) in [6.07, 6.45) is 0.892. The zero-order valence-corrected chi connectivity index (χ0v) is 13.2. The molecule has 1 amide bonds. The fourth-order valence-electron chi connectivity index (χ4n) is 1.41. The first-order valence-corrected chi connectivity index (χ1v) is 7.06. The number of carbonyl (C=O) groups excluding carboxylic acids is 1. The Morgan fingerprint density at radius 3 is 2.65 bits per heavy atom. The van der Waals surface area contributed by atoms with E-state index in [0.29, 0.717) is 23.1 Å². The van der Waals surface area contributed by atoms with Crippen LogP contribution in [-0.4, -0.2) is 24.7 Å². The Hall–Kier alpha value is -1.26. The highest BCUT2D eigenvalue weighted by molar-refractivity contribution is 6.31. The van der Waals surface area contributed by atoms with Crippen LogP contribution in [-0.2, 0) is 9.53 Å². The molecule has 0 atom stereocenters. The Kier molecular flexibility index (Phi) is 6.30. The third-order valence-electron chi connectivity index (χ3n) is 2.31. The van der Waals surface area contributed by atoms with E-state index in [1.54, 1.807) is 18.2 Å². The number of halogens is 1. The zero-order valence-electron chi connectivity index (χ0n) is 12.5. The van der Waals surface area contributed by atoms with E-state index < -0.39 is 0 Å². The average Bonchev–Trinajstić information content (AvgIpc) is 2.35. The van der Waals surface area contributed by atoms with Crippen molar-refractivity contribution in [3.05, 3.63) is 23.2 Å². The highest BCUT2D eigenvalue weighted by atomic mass is 35.5. The molecule has 1 aromatic rings. The van der Waals surface area contributed by atoms with Crippen molar-refractivity contribution in [3.8, 4) is 5.75 Å². The first-order valence-electron chi connectivity index (χ1n) is 6.68. The Bertz CT molecular complexity index is 455. The minimum atomic E-state index is -0.354. The molecule has 1 aromatic carbocycles. The van der Waals surface area contributed by atoms with Crippen molar-refractivity contribution in [2.45, 2.75) is 39.7 Å². The van der Waals surface area contributed by atoms with Gasteiger partial charge in [0.05, 0.1) is 17.9 Å². The van der Waals surface area contributed by atoms with E-state index in [2.05, 4.69) is 5.32 Å². The second-order valence-corrected chi connectivity index (χ2v) is 5.87. The predicted molar refractivity (Wildman–Crippen MR) is 81.6 cm³/mol. The second kappa shape index (κ2) is 7.50. The van der Waals surface area contributed by atoms with Gasteiger partial charge in [0.15, 0.2) is 0 Å². The third-order valence-corrected chi connectivity index (χ3v) is 2.55. The van der Waals surface area contributed by atoms with Crippen LogP contribution in [0.2, 0.25) is 5.02 Å². The molecule has 20 heavy (non-hydrogen) atoms. The molecule has 0 aromatic heterocycles. The van der Waals surface area contributed by atoms with Crippen LogP contribution in [0.4, 0.5) is 5.69 Å². The van der Waals surface area contributed by atoms with Gasteiger partial charge in [-0.05, 0) is 45.4 Å². The topological polar surface area (TPSA) is 47.6 Å². The molecule has 0 spiro atoms. The van der Waals surface area contributed by atoms with Crippen molar-refractivity contribution >= 4 is 23.2 Å². The fourth-order valence-corrected chi connectivity index (χ4v) is 1.58. The molecule has 0 saturated carbocycles. The monoisotopic (exact) mass is 299 g/mol. The summed E-state index contributed by atoms with van der Waals surface area (Å²) in [6, 6.07) is 5.15. The van der Waals surface area contributed by atoms with Crippen molar-refractivity contribution in [2.75, 3.05) is 18.5 Å². The maximum absolute atomic E-state index is 11.9. The largest absolute Gasteiger partial charge is 0.491 e. The number of hydrogen-bond acceptors (Lipinski definition) is 3. The molecule has 0 fully saturated rings. The van der Waals surface area contributed by atoms with Crippen molar-refractivity contribution in [3.63, 3.8) is 0 Å². The van der Waals surface area contributed by atoms with Crippen LogP contribution in [0.3, 0.4) is 0 Å². The molecule has 112 valence electrons. The lowest BCUT2D eigenvalue weighted by Gasteiger charge is -2.19. The maximum atomic E-state index is 11.9. The number of ether oxygens (including phenoxy) is 2. The first kappa shape index (κ1) is 16.8. The van der Waals surface area contributed by atoms with E-state index in [-0.39, 0.29) is 18.1 Å². The summed E-state index contributed by atoms with van der Waals surface area (Å²) in [4.78, 5) is 11.9. The molecule has 0 aliphatic carbocycles. The van der Waals surface area contributed by atoms with Crippen molar-refractivity contribution < 1.29 is 14.3 Å². The van der Waals surface area contributed by atoms with Gasteiger partial charge in [-0.1, -0.05) is 18.5 Å². The standard InChI is InChI=1S/C15H22ClNO3/c1-5-8-19-13-7-6-11(16)9-12(13)17-14(18)10-20-15(2,3)4/h6-7,9H,5,8,10H2,1-4H3,(H,17,18). The van der Waals surface area contributed by atoms with Crippen LogP contribution in [0.25, 0.3) is 0 Å². The van der Waals surface area contributed by atoms with Gasteiger partial charge in [-0.15, -0.1) is 0 Å².